The van der Waals surface area contributed by atoms with Crippen LogP contribution in [0.25, 0.3) is 0 Å². The van der Waals surface area contributed by atoms with Crippen LogP contribution >= 0.6 is 11.3 Å². The van der Waals surface area contributed by atoms with Crippen molar-refractivity contribution in [1.29, 1.82) is 0 Å². The van der Waals surface area contributed by atoms with Crippen LogP contribution in [0.15, 0.2) is 17.5 Å². The monoisotopic (exact) mass is 267 g/mol. The molecule has 102 valence electrons. The van der Waals surface area contributed by atoms with Crippen molar-refractivity contribution in [1.82, 2.24) is 9.80 Å². The number of nitrogens with zero attached hydrogens (tertiary/aromatic N) is 2. The van der Waals surface area contributed by atoms with Crippen LogP contribution in [0.3, 0.4) is 0 Å². The molecule has 0 aromatic carbocycles. The maximum atomic E-state index is 6.25. The number of piperazine rings is 1. The SMILES string of the molecule is CC(C)(C)N1CCN(CC(N)c2cccs2)CC1. The van der Waals surface area contributed by atoms with Crippen LogP contribution in [0.2, 0.25) is 0 Å². The molecule has 1 atom stereocenters. The summed E-state index contributed by atoms with van der Waals surface area (Å²) in [5.74, 6) is 0. The van der Waals surface area contributed by atoms with Crippen LogP contribution in [0.1, 0.15) is 31.7 Å². The maximum Gasteiger partial charge on any atom is 0.0519 e. The minimum absolute atomic E-state index is 0.172. The molecule has 1 aliphatic heterocycles. The third kappa shape index (κ3) is 3.54. The van der Waals surface area contributed by atoms with Gasteiger partial charge in [0.2, 0.25) is 0 Å². The average molecular weight is 267 g/mol. The van der Waals surface area contributed by atoms with Crippen molar-refractivity contribution in [2.24, 2.45) is 5.73 Å². The Morgan fingerprint density at radius 2 is 1.94 bits per heavy atom. The fourth-order valence-electron chi connectivity index (χ4n) is 2.47. The lowest BCUT2D eigenvalue weighted by Gasteiger charge is -2.42. The highest BCUT2D eigenvalue weighted by atomic mass is 32.1. The maximum absolute atomic E-state index is 6.25. The van der Waals surface area contributed by atoms with Crippen molar-refractivity contribution in [2.75, 3.05) is 32.7 Å². The van der Waals surface area contributed by atoms with Crippen LogP contribution in [0.5, 0.6) is 0 Å². The first-order chi connectivity index (χ1) is 8.47. The first-order valence-electron chi connectivity index (χ1n) is 6.73. The van der Waals surface area contributed by atoms with E-state index in [1.165, 1.54) is 4.88 Å². The van der Waals surface area contributed by atoms with Crippen molar-refractivity contribution in [2.45, 2.75) is 32.4 Å². The Hall–Kier alpha value is -0.420. The lowest BCUT2D eigenvalue weighted by atomic mass is 10.0. The van der Waals surface area contributed by atoms with Crippen molar-refractivity contribution >= 4 is 11.3 Å². The molecular weight excluding hydrogens is 242 g/mol. The predicted octanol–water partition coefficient (Wildman–Crippen LogP) is 2.16. The van der Waals surface area contributed by atoms with E-state index in [0.29, 0.717) is 5.54 Å². The van der Waals surface area contributed by atoms with Crippen molar-refractivity contribution in [3.05, 3.63) is 22.4 Å². The number of hydrogen-bond acceptors (Lipinski definition) is 4. The highest BCUT2D eigenvalue weighted by Crippen LogP contribution is 2.20. The average Bonchev–Trinajstić information content (AvgIpc) is 2.82. The van der Waals surface area contributed by atoms with Gasteiger partial charge < -0.3 is 5.73 Å². The molecule has 1 aromatic heterocycles. The van der Waals surface area contributed by atoms with E-state index in [4.69, 9.17) is 5.73 Å². The van der Waals surface area contributed by atoms with E-state index in [2.05, 4.69) is 48.1 Å². The van der Waals surface area contributed by atoms with Crippen molar-refractivity contribution in [3.63, 3.8) is 0 Å². The zero-order valence-corrected chi connectivity index (χ0v) is 12.5. The third-order valence-electron chi connectivity index (χ3n) is 3.68. The topological polar surface area (TPSA) is 32.5 Å². The fraction of sp³-hybridized carbons (Fsp3) is 0.714. The van der Waals surface area contributed by atoms with Gasteiger partial charge in [0.25, 0.3) is 0 Å². The Kier molecular flexibility index (Phi) is 4.43. The smallest absolute Gasteiger partial charge is 0.0519 e. The van der Waals surface area contributed by atoms with Gasteiger partial charge in [-0.1, -0.05) is 6.07 Å². The Labute approximate surface area is 115 Å². The molecule has 0 bridgehead atoms. The predicted molar refractivity (Wildman–Crippen MR) is 79.0 cm³/mol. The molecule has 0 saturated carbocycles. The molecule has 1 saturated heterocycles. The number of nitrogens with two attached hydrogens (primary N) is 1. The van der Waals surface area contributed by atoms with Crippen LogP contribution in [0.4, 0.5) is 0 Å². The van der Waals surface area contributed by atoms with E-state index >= 15 is 0 Å². The van der Waals surface area contributed by atoms with E-state index in [1.807, 2.05) is 0 Å². The summed E-state index contributed by atoms with van der Waals surface area (Å²) in [6.07, 6.45) is 0. The Morgan fingerprint density at radius 3 is 2.44 bits per heavy atom. The summed E-state index contributed by atoms with van der Waals surface area (Å²) in [5.41, 5.74) is 6.54. The minimum atomic E-state index is 0.172. The second kappa shape index (κ2) is 5.70. The van der Waals surface area contributed by atoms with E-state index in [0.717, 1.165) is 32.7 Å². The third-order valence-corrected chi connectivity index (χ3v) is 4.69. The summed E-state index contributed by atoms with van der Waals surface area (Å²) in [5, 5.41) is 2.10. The van der Waals surface area contributed by atoms with Gasteiger partial charge in [0.15, 0.2) is 0 Å². The number of hydrogen-bond donors (Lipinski definition) is 1. The first kappa shape index (κ1) is 14.0. The molecule has 0 radical (unpaired) electrons. The largest absolute Gasteiger partial charge is 0.322 e. The van der Waals surface area contributed by atoms with Crippen LogP contribution in [-0.2, 0) is 0 Å². The van der Waals surface area contributed by atoms with E-state index < -0.39 is 0 Å². The minimum Gasteiger partial charge on any atom is -0.322 e. The highest BCUT2D eigenvalue weighted by Gasteiger charge is 2.26. The zero-order chi connectivity index (χ0) is 13.2. The second-order valence-electron chi connectivity index (χ2n) is 6.08. The molecule has 18 heavy (non-hydrogen) atoms. The van der Waals surface area contributed by atoms with E-state index in [-0.39, 0.29) is 6.04 Å². The molecule has 4 heteroatoms. The molecule has 1 aromatic rings. The summed E-state index contributed by atoms with van der Waals surface area (Å²) in [7, 11) is 0. The van der Waals surface area contributed by atoms with E-state index in [1.54, 1.807) is 11.3 Å². The molecule has 1 fully saturated rings. The zero-order valence-electron chi connectivity index (χ0n) is 11.7. The fourth-order valence-corrected chi connectivity index (χ4v) is 3.19. The normalized spacial score (nSPS) is 21.1. The lowest BCUT2D eigenvalue weighted by Crippen LogP contribution is -2.54. The van der Waals surface area contributed by atoms with Gasteiger partial charge in [-0.15, -0.1) is 11.3 Å². The quantitative estimate of drug-likeness (QED) is 0.911. The van der Waals surface area contributed by atoms with Crippen LogP contribution in [0, 0.1) is 0 Å². The molecule has 3 nitrogen and oxygen atoms in total. The molecule has 0 spiro atoms. The van der Waals surface area contributed by atoms with Gasteiger partial charge in [0, 0.05) is 43.1 Å². The van der Waals surface area contributed by atoms with Crippen molar-refractivity contribution in [3.8, 4) is 0 Å². The number of rotatable bonds is 3. The summed E-state index contributed by atoms with van der Waals surface area (Å²) in [4.78, 5) is 6.35. The summed E-state index contributed by atoms with van der Waals surface area (Å²) in [6, 6.07) is 4.39. The van der Waals surface area contributed by atoms with E-state index in [9.17, 15) is 0 Å². The van der Waals surface area contributed by atoms with Gasteiger partial charge >= 0.3 is 0 Å². The van der Waals surface area contributed by atoms with Gasteiger partial charge in [0.05, 0.1) is 6.04 Å². The van der Waals surface area contributed by atoms with Gasteiger partial charge in [-0.3, -0.25) is 9.80 Å². The van der Waals surface area contributed by atoms with Crippen LogP contribution < -0.4 is 5.73 Å². The molecule has 2 rings (SSSR count). The molecule has 2 N–H and O–H groups in total. The van der Waals surface area contributed by atoms with Crippen LogP contribution in [-0.4, -0.2) is 48.1 Å². The summed E-state index contributed by atoms with van der Waals surface area (Å²) < 4.78 is 0. The molecular formula is C14H25N3S. The van der Waals surface area contributed by atoms with Gasteiger partial charge in [0.1, 0.15) is 0 Å². The molecule has 0 aliphatic carbocycles. The first-order valence-corrected chi connectivity index (χ1v) is 7.61. The summed E-state index contributed by atoms with van der Waals surface area (Å²) >= 11 is 1.76. The Morgan fingerprint density at radius 1 is 1.28 bits per heavy atom. The lowest BCUT2D eigenvalue weighted by molar-refractivity contribution is 0.0599. The molecule has 1 unspecified atom stereocenters. The molecule has 1 aliphatic rings. The van der Waals surface area contributed by atoms with Gasteiger partial charge in [-0.2, -0.15) is 0 Å². The number of thiophene rings is 1. The molecule has 0 amide bonds. The standard InChI is InChI=1S/C14H25N3S/c1-14(2,3)17-8-6-16(7-9-17)11-12(15)13-5-4-10-18-13/h4-5,10,12H,6-9,11,15H2,1-3H3. The second-order valence-corrected chi connectivity index (χ2v) is 7.06. The Balaban J connectivity index is 1.80. The van der Waals surface area contributed by atoms with Crippen molar-refractivity contribution < 1.29 is 0 Å². The van der Waals surface area contributed by atoms with Gasteiger partial charge in [-0.05, 0) is 32.2 Å². The highest BCUT2D eigenvalue weighted by molar-refractivity contribution is 7.10. The summed E-state index contributed by atoms with van der Waals surface area (Å²) in [6.45, 7) is 12.4. The Bertz CT molecular complexity index is 348. The van der Waals surface area contributed by atoms with Gasteiger partial charge in [-0.25, -0.2) is 0 Å². The molecule has 2 heterocycles.